The van der Waals surface area contributed by atoms with E-state index in [0.717, 1.165) is 17.7 Å². The molecule has 5 N–H and O–H groups in total. The first-order valence-electron chi connectivity index (χ1n) is 19.3. The highest BCUT2D eigenvalue weighted by atomic mass is 19.1. The van der Waals surface area contributed by atoms with Crippen LogP contribution in [0.3, 0.4) is 0 Å². The molecule has 3 atom stereocenters. The fourth-order valence-electron chi connectivity index (χ4n) is 5.34. The number of halogens is 2. The van der Waals surface area contributed by atoms with Gasteiger partial charge in [0.25, 0.3) is 0 Å². The molecule has 13 nitrogen and oxygen atoms in total. The van der Waals surface area contributed by atoms with Crippen LogP contribution in [0.1, 0.15) is 59.1 Å². The zero-order chi connectivity index (χ0) is 43.2. The number of amides is 6. The molecule has 0 aliphatic rings. The maximum absolute atomic E-state index is 13.3. The second-order valence-electron chi connectivity index (χ2n) is 14.6. The van der Waals surface area contributed by atoms with Crippen LogP contribution in [0.25, 0.3) is 0 Å². The molecule has 3 aromatic rings. The summed E-state index contributed by atoms with van der Waals surface area (Å²) in [5, 5.41) is 13.2. The van der Waals surface area contributed by atoms with Crippen molar-refractivity contribution in [1.29, 1.82) is 0 Å². The fourth-order valence-corrected chi connectivity index (χ4v) is 5.34. The van der Waals surface area contributed by atoms with Gasteiger partial charge in [0.1, 0.15) is 24.2 Å². The number of hydrogen-bond acceptors (Lipinski definition) is 9. The average Bonchev–Trinajstić information content (AvgIpc) is 3.15. The molecule has 0 saturated heterocycles. The number of methoxy groups -OCH3 is 1. The maximum atomic E-state index is 13.3. The Morgan fingerprint density at radius 1 is 0.672 bits per heavy atom. The molecule has 0 radical (unpaired) electrons. The molecule has 0 heterocycles. The molecule has 0 aliphatic carbocycles. The van der Waals surface area contributed by atoms with Crippen LogP contribution in [0.2, 0.25) is 0 Å². The zero-order valence-electron chi connectivity index (χ0n) is 34.4. The maximum Gasteiger partial charge on any atom is 0.248 e. The smallest absolute Gasteiger partial charge is 0.248 e. The van der Waals surface area contributed by atoms with E-state index in [1.807, 2.05) is 76.2 Å². The topological polar surface area (TPSA) is 175 Å². The highest BCUT2D eigenvalue weighted by Gasteiger charge is 2.25. The second kappa shape index (κ2) is 25.8. The molecular formula is C43H58F2N6O7. The normalized spacial score (nSPS) is 12.4. The van der Waals surface area contributed by atoms with Crippen molar-refractivity contribution < 1.29 is 42.3 Å². The van der Waals surface area contributed by atoms with Crippen LogP contribution in [0, 0.1) is 23.5 Å². The number of carbonyl (C=O) groups excluding carboxylic acids is 6. The number of ether oxygens (including phenoxy) is 1. The Bertz CT molecular complexity index is 1760. The summed E-state index contributed by atoms with van der Waals surface area (Å²) in [6.45, 7) is 12.4. The molecule has 0 aliphatic heterocycles. The minimum absolute atomic E-state index is 0.133. The third-order valence-electron chi connectivity index (χ3n) is 8.34. The van der Waals surface area contributed by atoms with Crippen LogP contribution in [-0.2, 0) is 46.3 Å². The number of carbonyl (C=O) groups is 6. The van der Waals surface area contributed by atoms with E-state index >= 15 is 0 Å². The third-order valence-corrected chi connectivity index (χ3v) is 8.34. The predicted octanol–water partition coefficient (Wildman–Crippen LogP) is 3.84. The Hall–Kier alpha value is -5.38. The lowest BCUT2D eigenvalue weighted by Gasteiger charge is -2.23. The van der Waals surface area contributed by atoms with Gasteiger partial charge in [0, 0.05) is 31.8 Å². The highest BCUT2D eigenvalue weighted by Crippen LogP contribution is 2.16. The van der Waals surface area contributed by atoms with Crippen LogP contribution < -0.4 is 31.5 Å². The minimum Gasteiger partial charge on any atom is -0.383 e. The van der Waals surface area contributed by atoms with Crippen LogP contribution >= 0.6 is 0 Å². The molecule has 6 amide bonds. The number of anilines is 1. The molecule has 0 fully saturated rings. The van der Waals surface area contributed by atoms with E-state index in [9.17, 15) is 37.5 Å². The van der Waals surface area contributed by atoms with Crippen molar-refractivity contribution in [3.8, 4) is 0 Å². The van der Waals surface area contributed by atoms with Crippen LogP contribution in [-0.4, -0.2) is 86.9 Å². The number of nitrogens with zero attached hydrogens (tertiary/aromatic N) is 1. The van der Waals surface area contributed by atoms with Gasteiger partial charge in [-0.2, -0.15) is 0 Å². The quantitative estimate of drug-likeness (QED) is 0.106. The summed E-state index contributed by atoms with van der Waals surface area (Å²) < 4.78 is 31.5. The van der Waals surface area contributed by atoms with Gasteiger partial charge < -0.3 is 25.6 Å². The number of para-hydroxylation sites is 1. The van der Waals surface area contributed by atoms with Gasteiger partial charge in [-0.3, -0.25) is 39.4 Å². The van der Waals surface area contributed by atoms with Gasteiger partial charge in [0.2, 0.25) is 35.4 Å². The molecule has 0 aromatic heterocycles. The molecule has 0 saturated carbocycles. The van der Waals surface area contributed by atoms with Crippen molar-refractivity contribution in [3.63, 3.8) is 0 Å². The van der Waals surface area contributed by atoms with Gasteiger partial charge in [0.05, 0.1) is 25.1 Å². The largest absolute Gasteiger partial charge is 0.383 e. The molecule has 0 spiro atoms. The number of nitrogens with one attached hydrogen (secondary N) is 5. The Kier molecular flexibility index (Phi) is 21.7. The van der Waals surface area contributed by atoms with Crippen molar-refractivity contribution in [2.24, 2.45) is 11.8 Å². The molecule has 3 rings (SSSR count). The monoisotopic (exact) mass is 808 g/mol. The van der Waals surface area contributed by atoms with Crippen molar-refractivity contribution >= 4 is 41.1 Å². The number of imide groups is 2. The molecule has 3 aromatic carbocycles. The van der Waals surface area contributed by atoms with Crippen LogP contribution in [0.15, 0.2) is 78.9 Å². The lowest BCUT2D eigenvalue weighted by atomic mass is 10.1. The van der Waals surface area contributed by atoms with Gasteiger partial charge in [-0.15, -0.1) is 0 Å². The summed E-state index contributed by atoms with van der Waals surface area (Å²) in [5.74, 6) is -3.87. The standard InChI is InChI=1S/C23H27F2N3O4.C20H31N3O3/c1-15(27-21(29)13-17-10-18(24)14-19(25)11-17)22(30)28-23(31)20(26-8-9-32-2)12-16-6-4-3-5-7-16;1-14(2)11-19(25)23(17-9-7-6-8-10-17)13-18(24)22-20(26)16(5)21-12-15(3)4/h3-7,10-11,14-15,20,26H,8-9,12-13H2,1-2H3,(H,27,29)(H,28,30,31);6-10,14-16,21H,11-13H2,1-5H3,(H,22,24,26)/t15-,20-;16-/m00/s1. The second-order valence-corrected chi connectivity index (χ2v) is 14.6. The first-order valence-corrected chi connectivity index (χ1v) is 19.3. The predicted molar refractivity (Wildman–Crippen MR) is 218 cm³/mol. The van der Waals surface area contributed by atoms with Gasteiger partial charge in [0.15, 0.2) is 0 Å². The molecular weight excluding hydrogens is 751 g/mol. The number of hydrogen-bond donors (Lipinski definition) is 5. The van der Waals surface area contributed by atoms with Crippen LogP contribution in [0.5, 0.6) is 0 Å². The van der Waals surface area contributed by atoms with Gasteiger partial charge in [-0.25, -0.2) is 8.78 Å². The first kappa shape index (κ1) is 48.8. The van der Waals surface area contributed by atoms with Crippen molar-refractivity contribution in [2.45, 2.75) is 78.9 Å². The van der Waals surface area contributed by atoms with E-state index in [4.69, 9.17) is 4.74 Å². The lowest BCUT2D eigenvalue weighted by molar-refractivity contribution is -0.135. The highest BCUT2D eigenvalue weighted by molar-refractivity contribution is 6.04. The van der Waals surface area contributed by atoms with Gasteiger partial charge in [-0.05, 0) is 74.0 Å². The van der Waals surface area contributed by atoms with Gasteiger partial charge in [-0.1, -0.05) is 76.2 Å². The Morgan fingerprint density at radius 2 is 1.26 bits per heavy atom. The van der Waals surface area contributed by atoms with E-state index in [1.54, 1.807) is 26.2 Å². The lowest BCUT2D eigenvalue weighted by Crippen LogP contribution is -2.53. The molecule has 0 unspecified atom stereocenters. The van der Waals surface area contributed by atoms with Gasteiger partial charge >= 0.3 is 0 Å². The summed E-state index contributed by atoms with van der Waals surface area (Å²) in [6, 6.07) is 18.9. The number of benzene rings is 3. The van der Waals surface area contributed by atoms with Crippen LogP contribution in [0.4, 0.5) is 14.5 Å². The Morgan fingerprint density at radius 3 is 1.83 bits per heavy atom. The third kappa shape index (κ3) is 19.2. The SMILES string of the molecule is CC(C)CN[C@@H](C)C(=O)NC(=O)CN(C(=O)CC(C)C)c1ccccc1.COCCN[C@@H](Cc1ccccc1)C(=O)NC(=O)[C@H](C)NC(=O)Cc1cc(F)cc(F)c1. The van der Waals surface area contributed by atoms with Crippen molar-refractivity contribution in [1.82, 2.24) is 26.6 Å². The summed E-state index contributed by atoms with van der Waals surface area (Å²) in [4.78, 5) is 75.6. The molecule has 15 heteroatoms. The summed E-state index contributed by atoms with van der Waals surface area (Å²) in [5.41, 5.74) is 1.69. The zero-order valence-corrected chi connectivity index (χ0v) is 34.4. The molecule has 0 bridgehead atoms. The van der Waals surface area contributed by atoms with E-state index in [1.165, 1.54) is 11.8 Å². The summed E-state index contributed by atoms with van der Waals surface area (Å²) in [6.07, 6.45) is 0.382. The molecule has 58 heavy (non-hydrogen) atoms. The van der Waals surface area contributed by atoms with E-state index in [-0.39, 0.29) is 36.3 Å². The fraction of sp³-hybridized carbons (Fsp3) is 0.442. The summed E-state index contributed by atoms with van der Waals surface area (Å²) >= 11 is 0. The van der Waals surface area contributed by atoms with E-state index in [2.05, 4.69) is 26.6 Å². The Balaban J connectivity index is 0.000000409. The van der Waals surface area contributed by atoms with Crippen molar-refractivity contribution in [3.05, 3.63) is 102 Å². The van der Waals surface area contributed by atoms with E-state index in [0.29, 0.717) is 50.2 Å². The summed E-state index contributed by atoms with van der Waals surface area (Å²) in [7, 11) is 1.54. The Labute approximate surface area is 340 Å². The van der Waals surface area contributed by atoms with Crippen molar-refractivity contribution in [2.75, 3.05) is 38.3 Å². The number of rotatable bonds is 20. The average molecular weight is 809 g/mol. The first-order chi connectivity index (χ1) is 27.5. The molecule has 316 valence electrons. The minimum atomic E-state index is -1.03. The van der Waals surface area contributed by atoms with E-state index < -0.39 is 53.4 Å².